The lowest BCUT2D eigenvalue weighted by atomic mass is 10.1. The summed E-state index contributed by atoms with van der Waals surface area (Å²) in [5.74, 6) is -0.931. The zero-order chi connectivity index (χ0) is 22.0. The van der Waals surface area contributed by atoms with Crippen LogP contribution in [0.25, 0.3) is 0 Å². The maximum atomic E-state index is 12.6. The van der Waals surface area contributed by atoms with E-state index in [-0.39, 0.29) is 16.4 Å². The van der Waals surface area contributed by atoms with Gasteiger partial charge in [0.05, 0.1) is 24.2 Å². The van der Waals surface area contributed by atoms with E-state index in [1.54, 1.807) is 11.0 Å². The van der Waals surface area contributed by atoms with Crippen molar-refractivity contribution in [2.45, 2.75) is 0 Å². The third kappa shape index (κ3) is 4.28. The SMILES string of the molecule is O=C(c1ccc([N+](=O)[O-])o1)N1CCN(c2ccc([N+](=O)[O-])c(N3CCOCC3)c2)CC1. The molecule has 1 aromatic carbocycles. The minimum atomic E-state index is -0.685. The number of amides is 1. The van der Waals surface area contributed by atoms with Crippen molar-refractivity contribution >= 4 is 28.9 Å². The summed E-state index contributed by atoms with van der Waals surface area (Å²) >= 11 is 0. The monoisotopic (exact) mass is 431 g/mol. The van der Waals surface area contributed by atoms with Gasteiger partial charge in [-0.25, -0.2) is 0 Å². The Balaban J connectivity index is 1.46. The number of ether oxygens (including phenoxy) is 1. The van der Waals surface area contributed by atoms with Gasteiger partial charge >= 0.3 is 5.88 Å². The van der Waals surface area contributed by atoms with E-state index < -0.39 is 16.7 Å². The van der Waals surface area contributed by atoms with Crippen LogP contribution in [0, 0.1) is 20.2 Å². The second-order valence-electron chi connectivity index (χ2n) is 7.20. The van der Waals surface area contributed by atoms with Gasteiger partial charge in [-0.3, -0.25) is 25.0 Å². The van der Waals surface area contributed by atoms with Crippen LogP contribution in [0.3, 0.4) is 0 Å². The van der Waals surface area contributed by atoms with E-state index in [0.29, 0.717) is 58.2 Å². The second-order valence-corrected chi connectivity index (χ2v) is 7.20. The number of hydrogen-bond acceptors (Lipinski definition) is 9. The fourth-order valence-corrected chi connectivity index (χ4v) is 3.78. The van der Waals surface area contributed by atoms with Gasteiger partial charge in [-0.1, -0.05) is 0 Å². The van der Waals surface area contributed by atoms with E-state index in [9.17, 15) is 25.0 Å². The molecule has 0 N–H and O–H groups in total. The van der Waals surface area contributed by atoms with Crippen molar-refractivity contribution in [3.05, 3.63) is 56.3 Å². The van der Waals surface area contributed by atoms with Crippen molar-refractivity contribution in [3.8, 4) is 0 Å². The summed E-state index contributed by atoms with van der Waals surface area (Å²) in [6.45, 7) is 4.06. The number of anilines is 2. The Morgan fingerprint density at radius 2 is 1.58 bits per heavy atom. The summed E-state index contributed by atoms with van der Waals surface area (Å²) in [6.07, 6.45) is 0. The van der Waals surface area contributed by atoms with E-state index in [2.05, 4.69) is 4.90 Å². The molecule has 2 fully saturated rings. The van der Waals surface area contributed by atoms with Gasteiger partial charge in [0.2, 0.25) is 0 Å². The Kier molecular flexibility index (Phi) is 5.71. The molecule has 2 saturated heterocycles. The molecule has 0 atom stereocenters. The van der Waals surface area contributed by atoms with E-state index in [1.165, 1.54) is 12.1 Å². The summed E-state index contributed by atoms with van der Waals surface area (Å²) in [4.78, 5) is 39.3. The van der Waals surface area contributed by atoms with Crippen molar-refractivity contribution < 1.29 is 23.8 Å². The van der Waals surface area contributed by atoms with Crippen LogP contribution >= 0.6 is 0 Å². The Morgan fingerprint density at radius 3 is 2.19 bits per heavy atom. The first kappa shape index (κ1) is 20.6. The van der Waals surface area contributed by atoms with Gasteiger partial charge in [-0.2, -0.15) is 0 Å². The largest absolute Gasteiger partial charge is 0.433 e. The highest BCUT2D eigenvalue weighted by Gasteiger charge is 2.28. The molecule has 0 unspecified atom stereocenters. The molecular formula is C19H21N5O7. The molecule has 0 bridgehead atoms. The molecule has 2 aromatic rings. The molecule has 12 heteroatoms. The first-order valence-corrected chi connectivity index (χ1v) is 9.83. The number of piperazine rings is 1. The lowest BCUT2D eigenvalue weighted by molar-refractivity contribution is -0.402. The molecule has 31 heavy (non-hydrogen) atoms. The van der Waals surface area contributed by atoms with Crippen molar-refractivity contribution in [2.24, 2.45) is 0 Å². The van der Waals surface area contributed by atoms with Crippen LogP contribution in [-0.2, 0) is 4.74 Å². The first-order chi connectivity index (χ1) is 14.9. The predicted molar refractivity (Wildman–Crippen MR) is 110 cm³/mol. The second kappa shape index (κ2) is 8.60. The van der Waals surface area contributed by atoms with Gasteiger partial charge in [0.25, 0.3) is 11.6 Å². The predicted octanol–water partition coefficient (Wildman–Crippen LogP) is 1.89. The van der Waals surface area contributed by atoms with Crippen molar-refractivity contribution in [2.75, 3.05) is 62.3 Å². The number of nitro groups is 2. The van der Waals surface area contributed by atoms with Gasteiger partial charge in [0, 0.05) is 51.0 Å². The van der Waals surface area contributed by atoms with Crippen molar-refractivity contribution in [1.29, 1.82) is 0 Å². The zero-order valence-electron chi connectivity index (χ0n) is 16.6. The fraction of sp³-hybridized carbons (Fsp3) is 0.421. The Bertz CT molecular complexity index is 993. The van der Waals surface area contributed by atoms with E-state index in [4.69, 9.17) is 9.15 Å². The molecule has 0 saturated carbocycles. The van der Waals surface area contributed by atoms with Gasteiger partial charge in [0.15, 0.2) is 5.76 Å². The van der Waals surface area contributed by atoms with E-state index in [1.807, 2.05) is 11.0 Å². The fourth-order valence-electron chi connectivity index (χ4n) is 3.78. The summed E-state index contributed by atoms with van der Waals surface area (Å²) in [6, 6.07) is 7.51. The standard InChI is InChI=1S/C19H21N5O7/c25-19(17-3-4-18(31-17)24(28)29)22-7-5-20(6-8-22)14-1-2-15(23(26)27)16(13-14)21-9-11-30-12-10-21/h1-4,13H,5-12H2. The summed E-state index contributed by atoms with van der Waals surface area (Å²) < 4.78 is 10.4. The van der Waals surface area contributed by atoms with Crippen molar-refractivity contribution in [3.63, 3.8) is 0 Å². The van der Waals surface area contributed by atoms with Gasteiger partial charge in [-0.05, 0) is 18.2 Å². The molecule has 2 aliphatic heterocycles. The van der Waals surface area contributed by atoms with E-state index in [0.717, 1.165) is 11.8 Å². The summed E-state index contributed by atoms with van der Waals surface area (Å²) in [5, 5.41) is 22.2. The normalized spacial score (nSPS) is 17.0. The van der Waals surface area contributed by atoms with Gasteiger partial charge in [-0.15, -0.1) is 0 Å². The highest BCUT2D eigenvalue weighted by Crippen LogP contribution is 2.33. The molecule has 1 aromatic heterocycles. The zero-order valence-corrected chi connectivity index (χ0v) is 16.6. The Labute approximate surface area is 176 Å². The maximum Gasteiger partial charge on any atom is 0.433 e. The Hall–Kier alpha value is -3.67. The molecule has 164 valence electrons. The van der Waals surface area contributed by atoms with Crippen molar-refractivity contribution in [1.82, 2.24) is 4.90 Å². The molecule has 0 spiro atoms. The highest BCUT2D eigenvalue weighted by atomic mass is 16.6. The average molecular weight is 431 g/mol. The minimum absolute atomic E-state index is 0.0545. The smallest absolute Gasteiger partial charge is 0.395 e. The number of hydrogen-bond donors (Lipinski definition) is 0. The molecule has 0 radical (unpaired) electrons. The summed E-state index contributed by atoms with van der Waals surface area (Å²) in [7, 11) is 0. The molecule has 1 amide bonds. The molecule has 3 heterocycles. The number of carbonyl (C=O) groups is 1. The van der Waals surface area contributed by atoms with Crippen LogP contribution in [0.2, 0.25) is 0 Å². The third-order valence-electron chi connectivity index (χ3n) is 5.42. The minimum Gasteiger partial charge on any atom is -0.395 e. The summed E-state index contributed by atoms with van der Waals surface area (Å²) in [5.41, 5.74) is 1.46. The van der Waals surface area contributed by atoms with Crippen LogP contribution in [0.15, 0.2) is 34.7 Å². The quantitative estimate of drug-likeness (QED) is 0.513. The number of carbonyl (C=O) groups excluding carboxylic acids is 1. The lowest BCUT2D eigenvalue weighted by Gasteiger charge is -2.36. The number of nitrogens with zero attached hydrogens (tertiary/aromatic N) is 5. The number of benzene rings is 1. The number of furan rings is 1. The number of rotatable bonds is 5. The van der Waals surface area contributed by atoms with Crippen LogP contribution < -0.4 is 9.80 Å². The van der Waals surface area contributed by atoms with Crippen LogP contribution in [0.4, 0.5) is 22.9 Å². The molecule has 2 aliphatic rings. The third-order valence-corrected chi connectivity index (χ3v) is 5.42. The molecular weight excluding hydrogens is 410 g/mol. The van der Waals surface area contributed by atoms with Crippen LogP contribution in [0.1, 0.15) is 10.6 Å². The number of morpholine rings is 1. The number of nitro benzene ring substituents is 1. The maximum absolute atomic E-state index is 12.6. The lowest BCUT2D eigenvalue weighted by Crippen LogP contribution is -2.48. The molecule has 0 aliphatic carbocycles. The van der Waals surface area contributed by atoms with Crippen LogP contribution in [-0.4, -0.2) is 73.1 Å². The Morgan fingerprint density at radius 1 is 0.871 bits per heavy atom. The average Bonchev–Trinajstić information content (AvgIpc) is 3.29. The topological polar surface area (TPSA) is 135 Å². The van der Waals surface area contributed by atoms with E-state index >= 15 is 0 Å². The molecule has 12 nitrogen and oxygen atoms in total. The van der Waals surface area contributed by atoms with Gasteiger partial charge in [0.1, 0.15) is 10.6 Å². The van der Waals surface area contributed by atoms with Crippen LogP contribution in [0.5, 0.6) is 0 Å². The first-order valence-electron chi connectivity index (χ1n) is 9.83. The van der Waals surface area contributed by atoms with Gasteiger partial charge < -0.3 is 23.9 Å². The molecule has 4 rings (SSSR count). The highest BCUT2D eigenvalue weighted by molar-refractivity contribution is 5.92.